The van der Waals surface area contributed by atoms with Crippen LogP contribution in [0, 0.1) is 5.82 Å². The summed E-state index contributed by atoms with van der Waals surface area (Å²) in [4.78, 5) is 4.28. The molecule has 5 rings (SSSR count). The number of halogens is 1. The van der Waals surface area contributed by atoms with Crippen molar-refractivity contribution in [1.82, 2.24) is 19.7 Å². The molecule has 0 aliphatic carbocycles. The third-order valence-corrected chi connectivity index (χ3v) is 6.67. The quantitative estimate of drug-likeness (QED) is 0.296. The molecule has 4 aromatic rings. The number of ether oxygens (including phenoxy) is 2. The summed E-state index contributed by atoms with van der Waals surface area (Å²) in [6, 6.07) is 20.2. The van der Waals surface area contributed by atoms with E-state index >= 15 is 0 Å². The molecule has 1 aliphatic rings. The van der Waals surface area contributed by atoms with Crippen molar-refractivity contribution < 1.29 is 13.9 Å². The molecule has 1 atom stereocenters. The van der Waals surface area contributed by atoms with Crippen LogP contribution < -0.4 is 4.74 Å². The molecule has 0 spiro atoms. The fourth-order valence-corrected chi connectivity index (χ4v) is 4.74. The monoisotopic (exact) mass is 476 g/mol. The second kappa shape index (κ2) is 10.8. The first-order chi connectivity index (χ1) is 16.7. The average Bonchev–Trinajstić information content (AvgIpc) is 3.54. The maximum atomic E-state index is 13.4. The van der Waals surface area contributed by atoms with Crippen molar-refractivity contribution in [3.8, 4) is 17.1 Å². The number of pyridine rings is 1. The second-order valence-electron chi connectivity index (χ2n) is 8.10. The normalized spacial score (nSPS) is 15.5. The first-order valence-electron chi connectivity index (χ1n) is 11.3. The zero-order chi connectivity index (χ0) is 23.2. The fourth-order valence-electron chi connectivity index (χ4n) is 3.84. The third kappa shape index (κ3) is 5.63. The van der Waals surface area contributed by atoms with E-state index in [1.165, 1.54) is 12.1 Å². The highest BCUT2D eigenvalue weighted by Gasteiger charge is 2.22. The van der Waals surface area contributed by atoms with Crippen molar-refractivity contribution in [2.24, 2.45) is 0 Å². The van der Waals surface area contributed by atoms with Gasteiger partial charge >= 0.3 is 0 Å². The van der Waals surface area contributed by atoms with Gasteiger partial charge in [0.25, 0.3) is 0 Å². The molecule has 0 saturated carbocycles. The number of hydrogen-bond donors (Lipinski definition) is 0. The van der Waals surface area contributed by atoms with Gasteiger partial charge < -0.3 is 9.47 Å². The number of thioether (sulfide) groups is 1. The van der Waals surface area contributed by atoms with Crippen molar-refractivity contribution >= 4 is 11.8 Å². The molecule has 0 N–H and O–H groups in total. The van der Waals surface area contributed by atoms with Gasteiger partial charge in [0.2, 0.25) is 0 Å². The Kier molecular flexibility index (Phi) is 7.16. The zero-order valence-corrected chi connectivity index (χ0v) is 19.5. The SMILES string of the molecule is Fc1ccc(-c2nnc(SCc3ccc(OCc4ccccn4)cc3)n2CC2CCCO2)cc1. The van der Waals surface area contributed by atoms with Crippen molar-refractivity contribution in [1.29, 1.82) is 0 Å². The van der Waals surface area contributed by atoms with Crippen LogP contribution in [-0.4, -0.2) is 32.5 Å². The number of nitrogens with zero attached hydrogens (tertiary/aromatic N) is 4. The van der Waals surface area contributed by atoms with Crippen LogP contribution in [0.3, 0.4) is 0 Å². The maximum Gasteiger partial charge on any atom is 0.191 e. The molecule has 0 radical (unpaired) electrons. The minimum absolute atomic E-state index is 0.144. The molecule has 1 fully saturated rings. The Morgan fingerprint density at radius 1 is 1.03 bits per heavy atom. The van der Waals surface area contributed by atoms with Crippen molar-refractivity contribution in [2.45, 2.75) is 43.0 Å². The Bertz CT molecular complexity index is 1190. The van der Waals surface area contributed by atoms with Crippen LogP contribution in [0.4, 0.5) is 4.39 Å². The highest BCUT2D eigenvalue weighted by molar-refractivity contribution is 7.98. The van der Waals surface area contributed by atoms with Gasteiger partial charge in [-0.2, -0.15) is 0 Å². The Labute approximate surface area is 202 Å². The van der Waals surface area contributed by atoms with E-state index in [1.54, 1.807) is 30.1 Å². The summed E-state index contributed by atoms with van der Waals surface area (Å²) < 4.78 is 27.2. The predicted molar refractivity (Wildman–Crippen MR) is 129 cm³/mol. The van der Waals surface area contributed by atoms with E-state index in [9.17, 15) is 4.39 Å². The topological polar surface area (TPSA) is 62.1 Å². The second-order valence-corrected chi connectivity index (χ2v) is 9.04. The van der Waals surface area contributed by atoms with E-state index in [2.05, 4.69) is 31.9 Å². The molecule has 174 valence electrons. The fraction of sp³-hybridized carbons (Fsp3) is 0.269. The van der Waals surface area contributed by atoms with Gasteiger partial charge in [-0.1, -0.05) is 30.0 Å². The predicted octanol–water partition coefficient (Wildman–Crippen LogP) is 5.53. The molecule has 0 amide bonds. The van der Waals surface area contributed by atoms with Crippen LogP contribution in [0.15, 0.2) is 78.1 Å². The molecular weight excluding hydrogens is 451 g/mol. The highest BCUT2D eigenvalue weighted by atomic mass is 32.2. The van der Waals surface area contributed by atoms with E-state index in [4.69, 9.17) is 9.47 Å². The molecule has 8 heteroatoms. The van der Waals surface area contributed by atoms with Gasteiger partial charge in [-0.15, -0.1) is 10.2 Å². The van der Waals surface area contributed by atoms with E-state index in [-0.39, 0.29) is 11.9 Å². The summed E-state index contributed by atoms with van der Waals surface area (Å²) >= 11 is 1.63. The number of aromatic nitrogens is 4. The summed E-state index contributed by atoms with van der Waals surface area (Å²) in [5.41, 5.74) is 2.89. The highest BCUT2D eigenvalue weighted by Crippen LogP contribution is 2.29. The number of hydrogen-bond acceptors (Lipinski definition) is 6. The van der Waals surface area contributed by atoms with Crippen LogP contribution in [0.1, 0.15) is 24.1 Å². The summed E-state index contributed by atoms with van der Waals surface area (Å²) in [5.74, 6) is 2.01. The van der Waals surface area contributed by atoms with Crippen LogP contribution in [0.2, 0.25) is 0 Å². The standard InChI is InChI=1S/C26H25FN4O2S/c27-21-10-8-20(9-11-21)25-29-30-26(31(25)16-24-5-3-15-32-24)34-18-19-6-12-23(13-7-19)33-17-22-4-1-2-14-28-22/h1-2,4,6-14,24H,3,5,15-18H2. The van der Waals surface area contributed by atoms with E-state index in [0.29, 0.717) is 13.2 Å². The minimum Gasteiger partial charge on any atom is -0.487 e. The van der Waals surface area contributed by atoms with Crippen LogP contribution in [0.5, 0.6) is 5.75 Å². The molecule has 1 saturated heterocycles. The van der Waals surface area contributed by atoms with Gasteiger partial charge in [-0.3, -0.25) is 9.55 Å². The number of benzene rings is 2. The van der Waals surface area contributed by atoms with Gasteiger partial charge in [0.05, 0.1) is 18.3 Å². The molecule has 3 heterocycles. The van der Waals surface area contributed by atoms with E-state index in [0.717, 1.165) is 58.8 Å². The molecule has 2 aromatic carbocycles. The molecule has 1 aliphatic heterocycles. The largest absolute Gasteiger partial charge is 0.487 e. The Hall–Kier alpha value is -3.23. The Morgan fingerprint density at radius 2 is 1.88 bits per heavy atom. The van der Waals surface area contributed by atoms with Gasteiger partial charge in [-0.25, -0.2) is 4.39 Å². The van der Waals surface area contributed by atoms with Crippen LogP contribution in [0.25, 0.3) is 11.4 Å². The molecule has 2 aromatic heterocycles. The van der Waals surface area contributed by atoms with E-state index in [1.807, 2.05) is 30.3 Å². The summed E-state index contributed by atoms with van der Waals surface area (Å²) in [6.45, 7) is 1.91. The summed E-state index contributed by atoms with van der Waals surface area (Å²) in [6.07, 6.45) is 3.99. The van der Waals surface area contributed by atoms with Gasteiger partial charge in [0.15, 0.2) is 11.0 Å². The van der Waals surface area contributed by atoms with Crippen molar-refractivity contribution in [3.63, 3.8) is 0 Å². The first kappa shape index (κ1) is 22.6. The van der Waals surface area contributed by atoms with Gasteiger partial charge in [0.1, 0.15) is 18.2 Å². The minimum atomic E-state index is -0.268. The molecule has 0 bridgehead atoms. The third-order valence-electron chi connectivity index (χ3n) is 5.63. The Balaban J connectivity index is 1.26. The van der Waals surface area contributed by atoms with E-state index < -0.39 is 0 Å². The molecule has 1 unspecified atom stereocenters. The summed E-state index contributed by atoms with van der Waals surface area (Å²) in [7, 11) is 0. The lowest BCUT2D eigenvalue weighted by molar-refractivity contribution is 0.0953. The molecule has 34 heavy (non-hydrogen) atoms. The maximum absolute atomic E-state index is 13.4. The number of rotatable bonds is 9. The van der Waals surface area contributed by atoms with Crippen molar-refractivity contribution in [3.05, 3.63) is 90.0 Å². The smallest absolute Gasteiger partial charge is 0.191 e. The average molecular weight is 477 g/mol. The van der Waals surface area contributed by atoms with Gasteiger partial charge in [0, 0.05) is 24.1 Å². The molecule has 6 nitrogen and oxygen atoms in total. The molecular formula is C26H25FN4O2S. The van der Waals surface area contributed by atoms with Crippen LogP contribution in [-0.2, 0) is 23.6 Å². The van der Waals surface area contributed by atoms with Crippen molar-refractivity contribution in [2.75, 3.05) is 6.61 Å². The lowest BCUT2D eigenvalue weighted by atomic mass is 10.2. The van der Waals surface area contributed by atoms with Gasteiger partial charge in [-0.05, 0) is 66.9 Å². The zero-order valence-electron chi connectivity index (χ0n) is 18.6. The lowest BCUT2D eigenvalue weighted by Gasteiger charge is -2.15. The summed E-state index contributed by atoms with van der Waals surface area (Å²) in [5, 5.41) is 9.70. The first-order valence-corrected chi connectivity index (χ1v) is 12.3. The Morgan fingerprint density at radius 3 is 2.62 bits per heavy atom. The van der Waals surface area contributed by atoms with Crippen LogP contribution >= 0.6 is 11.8 Å². The lowest BCUT2D eigenvalue weighted by Crippen LogP contribution is -2.16.